The highest BCUT2D eigenvalue weighted by Crippen LogP contribution is 2.06. The summed E-state index contributed by atoms with van der Waals surface area (Å²) < 4.78 is 5.28. The van der Waals surface area contributed by atoms with E-state index in [2.05, 4.69) is 10.6 Å². The van der Waals surface area contributed by atoms with Crippen molar-refractivity contribution in [3.8, 4) is 0 Å². The first-order valence-electron chi connectivity index (χ1n) is 9.21. The zero-order chi connectivity index (χ0) is 18.9. The van der Waals surface area contributed by atoms with Crippen molar-refractivity contribution in [1.82, 2.24) is 15.5 Å². The van der Waals surface area contributed by atoms with Crippen molar-refractivity contribution >= 4 is 11.9 Å². The van der Waals surface area contributed by atoms with Crippen LogP contribution in [0.5, 0.6) is 0 Å². The molecule has 0 saturated carbocycles. The molecule has 2 N–H and O–H groups in total. The zero-order valence-electron chi connectivity index (χ0n) is 15.3. The fourth-order valence-electron chi connectivity index (χ4n) is 2.97. The van der Waals surface area contributed by atoms with Gasteiger partial charge >= 0.3 is 6.03 Å². The van der Waals surface area contributed by atoms with Crippen LogP contribution in [0.1, 0.15) is 11.1 Å². The van der Waals surface area contributed by atoms with Crippen molar-refractivity contribution in [2.75, 3.05) is 26.3 Å². The minimum absolute atomic E-state index is 0.190. The Morgan fingerprint density at radius 2 is 1.52 bits per heavy atom. The van der Waals surface area contributed by atoms with Crippen molar-refractivity contribution < 1.29 is 14.3 Å². The molecule has 1 aliphatic rings. The fraction of sp³-hybridized carbons (Fsp3) is 0.333. The lowest BCUT2D eigenvalue weighted by atomic mass is 10.1. The molecule has 0 spiro atoms. The van der Waals surface area contributed by atoms with E-state index in [1.54, 1.807) is 4.90 Å². The second-order valence-electron chi connectivity index (χ2n) is 6.49. The standard InChI is InChI=1S/C21H25N3O3/c25-20(22-16-18-9-5-2-6-10-18)19(15-17-7-3-1-4-8-17)23-21(26)24-11-13-27-14-12-24/h1-10,19H,11-16H2,(H,22,25)(H,23,26)/t19-/m0/s1. The molecule has 0 radical (unpaired) electrons. The van der Waals surface area contributed by atoms with Gasteiger partial charge in [-0.1, -0.05) is 60.7 Å². The summed E-state index contributed by atoms with van der Waals surface area (Å²) in [6, 6.07) is 18.6. The summed E-state index contributed by atoms with van der Waals surface area (Å²) >= 11 is 0. The van der Waals surface area contributed by atoms with Gasteiger partial charge in [0.25, 0.3) is 0 Å². The van der Waals surface area contributed by atoms with E-state index in [0.717, 1.165) is 11.1 Å². The lowest BCUT2D eigenvalue weighted by molar-refractivity contribution is -0.123. The predicted molar refractivity (Wildman–Crippen MR) is 103 cm³/mol. The average molecular weight is 367 g/mol. The van der Waals surface area contributed by atoms with Gasteiger partial charge in [0.1, 0.15) is 6.04 Å². The van der Waals surface area contributed by atoms with E-state index in [1.165, 1.54) is 0 Å². The topological polar surface area (TPSA) is 70.7 Å². The lowest BCUT2D eigenvalue weighted by Gasteiger charge is -2.29. The van der Waals surface area contributed by atoms with Crippen LogP contribution in [0.2, 0.25) is 0 Å². The predicted octanol–water partition coefficient (Wildman–Crippen LogP) is 1.96. The SMILES string of the molecule is O=C(NCc1ccccc1)[C@H](Cc1ccccc1)NC(=O)N1CCOCC1. The first-order valence-corrected chi connectivity index (χ1v) is 9.21. The number of amides is 3. The van der Waals surface area contributed by atoms with Gasteiger partial charge in [-0.05, 0) is 11.1 Å². The van der Waals surface area contributed by atoms with Crippen LogP contribution in [0, 0.1) is 0 Å². The quantitative estimate of drug-likeness (QED) is 0.820. The number of carbonyl (C=O) groups is 2. The summed E-state index contributed by atoms with van der Waals surface area (Å²) in [5.74, 6) is -0.190. The highest BCUT2D eigenvalue weighted by Gasteiger charge is 2.25. The van der Waals surface area contributed by atoms with Gasteiger partial charge in [0, 0.05) is 26.1 Å². The molecule has 1 heterocycles. The highest BCUT2D eigenvalue weighted by atomic mass is 16.5. The fourth-order valence-corrected chi connectivity index (χ4v) is 2.97. The second kappa shape index (κ2) is 9.73. The largest absolute Gasteiger partial charge is 0.378 e. The summed E-state index contributed by atoms with van der Waals surface area (Å²) in [7, 11) is 0. The molecule has 2 aromatic carbocycles. The van der Waals surface area contributed by atoms with Gasteiger partial charge < -0.3 is 20.3 Å². The Morgan fingerprint density at radius 1 is 0.926 bits per heavy atom. The van der Waals surface area contributed by atoms with Gasteiger partial charge in [-0.25, -0.2) is 4.79 Å². The molecule has 3 amide bonds. The zero-order valence-corrected chi connectivity index (χ0v) is 15.3. The van der Waals surface area contributed by atoms with Crippen LogP contribution < -0.4 is 10.6 Å². The van der Waals surface area contributed by atoms with Crippen LogP contribution in [0.25, 0.3) is 0 Å². The molecular formula is C21H25N3O3. The number of hydrogen-bond donors (Lipinski definition) is 2. The smallest absolute Gasteiger partial charge is 0.318 e. The van der Waals surface area contributed by atoms with Gasteiger partial charge in [0.15, 0.2) is 0 Å². The van der Waals surface area contributed by atoms with Crippen LogP contribution in [-0.4, -0.2) is 49.2 Å². The highest BCUT2D eigenvalue weighted by molar-refractivity contribution is 5.87. The molecule has 0 bridgehead atoms. The van der Waals surface area contributed by atoms with Crippen LogP contribution in [0.3, 0.4) is 0 Å². The molecule has 27 heavy (non-hydrogen) atoms. The van der Waals surface area contributed by atoms with Gasteiger partial charge in [-0.3, -0.25) is 4.79 Å². The molecule has 1 fully saturated rings. The number of nitrogens with one attached hydrogen (secondary N) is 2. The lowest BCUT2D eigenvalue weighted by Crippen LogP contribution is -2.54. The molecule has 1 atom stereocenters. The normalized spacial score (nSPS) is 15.0. The molecule has 0 aromatic heterocycles. The summed E-state index contributed by atoms with van der Waals surface area (Å²) in [5, 5.41) is 5.82. The van der Waals surface area contributed by atoms with Crippen molar-refractivity contribution in [1.29, 1.82) is 0 Å². The third-order valence-electron chi connectivity index (χ3n) is 4.50. The summed E-state index contributed by atoms with van der Waals surface area (Å²) in [6.07, 6.45) is 0.442. The maximum atomic E-state index is 12.8. The Kier molecular flexibility index (Phi) is 6.82. The number of hydrogen-bond acceptors (Lipinski definition) is 3. The van der Waals surface area contributed by atoms with Gasteiger partial charge in [0.05, 0.1) is 13.2 Å². The number of morpholine rings is 1. The molecule has 2 aromatic rings. The van der Waals surface area contributed by atoms with Crippen molar-refractivity contribution in [3.63, 3.8) is 0 Å². The Bertz CT molecular complexity index is 731. The maximum Gasteiger partial charge on any atom is 0.318 e. The molecule has 3 rings (SSSR count). The van der Waals surface area contributed by atoms with E-state index >= 15 is 0 Å². The number of rotatable bonds is 6. The Hall–Kier alpha value is -2.86. The van der Waals surface area contributed by atoms with Crippen molar-refractivity contribution in [3.05, 3.63) is 71.8 Å². The third kappa shape index (κ3) is 5.82. The Morgan fingerprint density at radius 3 is 2.15 bits per heavy atom. The van der Waals surface area contributed by atoms with Crippen LogP contribution in [0.4, 0.5) is 4.79 Å². The Labute approximate surface area is 159 Å². The van der Waals surface area contributed by atoms with E-state index in [9.17, 15) is 9.59 Å². The molecule has 6 nitrogen and oxygen atoms in total. The minimum Gasteiger partial charge on any atom is -0.378 e. The first-order chi connectivity index (χ1) is 13.2. The van der Waals surface area contributed by atoms with Crippen LogP contribution in [0.15, 0.2) is 60.7 Å². The van der Waals surface area contributed by atoms with E-state index in [0.29, 0.717) is 39.3 Å². The van der Waals surface area contributed by atoms with Crippen molar-refractivity contribution in [2.24, 2.45) is 0 Å². The number of carbonyl (C=O) groups excluding carboxylic acids is 2. The molecule has 1 aliphatic heterocycles. The van der Waals surface area contributed by atoms with Gasteiger partial charge in [0.2, 0.25) is 5.91 Å². The number of benzene rings is 2. The van der Waals surface area contributed by atoms with E-state index in [1.807, 2.05) is 60.7 Å². The molecule has 0 unspecified atom stereocenters. The molecular weight excluding hydrogens is 342 g/mol. The summed E-state index contributed by atoms with van der Waals surface area (Å²) in [4.78, 5) is 27.0. The van der Waals surface area contributed by atoms with E-state index < -0.39 is 6.04 Å². The maximum absolute atomic E-state index is 12.8. The molecule has 1 saturated heterocycles. The molecule has 0 aliphatic carbocycles. The summed E-state index contributed by atoms with van der Waals surface area (Å²) in [6.45, 7) is 2.55. The first kappa shape index (κ1) is 18.9. The number of urea groups is 1. The monoisotopic (exact) mass is 367 g/mol. The Balaban J connectivity index is 1.64. The average Bonchev–Trinajstić information content (AvgIpc) is 2.73. The summed E-state index contributed by atoms with van der Waals surface area (Å²) in [5.41, 5.74) is 2.02. The van der Waals surface area contributed by atoms with Gasteiger partial charge in [-0.2, -0.15) is 0 Å². The van der Waals surface area contributed by atoms with Crippen LogP contribution in [-0.2, 0) is 22.5 Å². The second-order valence-corrected chi connectivity index (χ2v) is 6.49. The van der Waals surface area contributed by atoms with E-state index in [4.69, 9.17) is 4.74 Å². The molecule has 6 heteroatoms. The van der Waals surface area contributed by atoms with Gasteiger partial charge in [-0.15, -0.1) is 0 Å². The number of nitrogens with zero attached hydrogens (tertiary/aromatic N) is 1. The minimum atomic E-state index is -0.633. The van der Waals surface area contributed by atoms with Crippen molar-refractivity contribution in [2.45, 2.75) is 19.0 Å². The third-order valence-corrected chi connectivity index (χ3v) is 4.50. The molecule has 142 valence electrons. The number of ether oxygens (including phenoxy) is 1. The van der Waals surface area contributed by atoms with E-state index in [-0.39, 0.29) is 11.9 Å². The van der Waals surface area contributed by atoms with Crippen LogP contribution >= 0.6 is 0 Å².